The molecule has 1 heterocycles. The summed E-state index contributed by atoms with van der Waals surface area (Å²) >= 11 is 4.97. The van der Waals surface area contributed by atoms with Gasteiger partial charge in [-0.05, 0) is 24.3 Å². The first kappa shape index (κ1) is 13.4. The lowest BCUT2D eigenvalue weighted by Crippen LogP contribution is -2.06. The van der Waals surface area contributed by atoms with Crippen LogP contribution in [0.3, 0.4) is 0 Å². The summed E-state index contributed by atoms with van der Waals surface area (Å²) in [5, 5.41) is 4.20. The van der Waals surface area contributed by atoms with E-state index in [9.17, 15) is 4.79 Å². The van der Waals surface area contributed by atoms with Gasteiger partial charge in [-0.15, -0.1) is 11.8 Å². The number of hydrogen-bond acceptors (Lipinski definition) is 3. The van der Waals surface area contributed by atoms with Crippen LogP contribution >= 0.6 is 27.7 Å². The largest absolute Gasteiger partial charge is 0.298 e. The molecule has 94 valence electrons. The summed E-state index contributed by atoms with van der Waals surface area (Å²) in [6.07, 6.45) is 2.26. The van der Waals surface area contributed by atoms with Crippen molar-refractivity contribution >= 4 is 33.5 Å². The summed E-state index contributed by atoms with van der Waals surface area (Å²) < 4.78 is 2.74. The first-order valence-electron chi connectivity index (χ1n) is 5.52. The molecular formula is C13H13BrN2OS. The Kier molecular flexibility index (Phi) is 4.60. The topological polar surface area (TPSA) is 34.9 Å². The standard InChI is InChI=1S/C13H13BrN2OS/c1-16-6-5-11(15-16)8-12(17)9-18-13-4-2-3-10(14)7-13/h2-7H,8-9H2,1H3. The quantitative estimate of drug-likeness (QED) is 0.793. The van der Waals surface area contributed by atoms with Crippen molar-refractivity contribution < 1.29 is 4.79 Å². The predicted molar refractivity (Wildman–Crippen MR) is 76.8 cm³/mol. The number of rotatable bonds is 5. The normalized spacial score (nSPS) is 10.6. The highest BCUT2D eigenvalue weighted by molar-refractivity contribution is 9.10. The molecule has 3 nitrogen and oxygen atoms in total. The van der Waals surface area contributed by atoms with Gasteiger partial charge in [0.25, 0.3) is 0 Å². The molecule has 0 N–H and O–H groups in total. The Bertz CT molecular complexity index is 553. The van der Waals surface area contributed by atoms with Crippen molar-refractivity contribution in [2.45, 2.75) is 11.3 Å². The molecule has 5 heteroatoms. The molecule has 0 aliphatic carbocycles. The van der Waals surface area contributed by atoms with E-state index in [1.807, 2.05) is 43.6 Å². The minimum absolute atomic E-state index is 0.193. The number of Topliss-reactive ketones (excluding diaryl/α,β-unsaturated/α-hetero) is 1. The third kappa shape index (κ3) is 3.99. The predicted octanol–water partition coefficient (Wildman–Crippen LogP) is 3.09. The molecule has 2 rings (SSSR count). The van der Waals surface area contributed by atoms with Crippen molar-refractivity contribution in [2.75, 3.05) is 5.75 Å². The zero-order valence-electron chi connectivity index (χ0n) is 9.97. The fraction of sp³-hybridized carbons (Fsp3) is 0.231. The van der Waals surface area contributed by atoms with Gasteiger partial charge in [-0.3, -0.25) is 9.48 Å². The SMILES string of the molecule is Cn1ccc(CC(=O)CSc2cccc(Br)c2)n1. The number of benzene rings is 1. The number of hydrogen-bond donors (Lipinski definition) is 0. The lowest BCUT2D eigenvalue weighted by Gasteiger charge is -2.01. The molecule has 0 bridgehead atoms. The van der Waals surface area contributed by atoms with Gasteiger partial charge in [0.05, 0.1) is 17.9 Å². The average Bonchev–Trinajstić information content (AvgIpc) is 2.72. The van der Waals surface area contributed by atoms with Gasteiger partial charge >= 0.3 is 0 Å². The number of ketones is 1. The smallest absolute Gasteiger partial charge is 0.149 e. The molecule has 2 aromatic rings. The van der Waals surface area contributed by atoms with Crippen molar-refractivity contribution in [2.24, 2.45) is 7.05 Å². The Morgan fingerprint density at radius 2 is 2.28 bits per heavy atom. The molecule has 0 amide bonds. The number of carbonyl (C=O) groups is 1. The van der Waals surface area contributed by atoms with Crippen LogP contribution in [-0.2, 0) is 18.3 Å². The fourth-order valence-corrected chi connectivity index (χ4v) is 2.90. The molecule has 0 atom stereocenters. The van der Waals surface area contributed by atoms with Crippen LogP contribution in [0.1, 0.15) is 5.69 Å². The van der Waals surface area contributed by atoms with Crippen LogP contribution in [0, 0.1) is 0 Å². The van der Waals surface area contributed by atoms with Crippen LogP contribution in [0.15, 0.2) is 45.9 Å². The highest BCUT2D eigenvalue weighted by Crippen LogP contribution is 2.22. The Morgan fingerprint density at radius 1 is 1.44 bits per heavy atom. The first-order chi connectivity index (χ1) is 8.63. The van der Waals surface area contributed by atoms with Gasteiger partial charge in [-0.2, -0.15) is 5.10 Å². The summed E-state index contributed by atoms with van der Waals surface area (Å²) in [6, 6.07) is 9.83. The van der Waals surface area contributed by atoms with E-state index >= 15 is 0 Å². The summed E-state index contributed by atoms with van der Waals surface area (Å²) in [7, 11) is 1.85. The Morgan fingerprint density at radius 3 is 2.94 bits per heavy atom. The van der Waals surface area contributed by atoms with E-state index in [0.29, 0.717) is 12.2 Å². The molecule has 1 aromatic carbocycles. The number of halogens is 1. The van der Waals surface area contributed by atoms with Crippen molar-refractivity contribution in [3.05, 3.63) is 46.7 Å². The maximum absolute atomic E-state index is 11.8. The molecule has 1 aromatic heterocycles. The first-order valence-corrected chi connectivity index (χ1v) is 7.30. The summed E-state index contributed by atoms with van der Waals surface area (Å²) in [5.41, 5.74) is 0.831. The monoisotopic (exact) mass is 324 g/mol. The van der Waals surface area contributed by atoms with Gasteiger partial charge in [0, 0.05) is 22.6 Å². The Labute approximate surface area is 119 Å². The molecule has 0 radical (unpaired) electrons. The van der Waals surface area contributed by atoms with Gasteiger partial charge in [-0.1, -0.05) is 22.0 Å². The van der Waals surface area contributed by atoms with E-state index < -0.39 is 0 Å². The maximum atomic E-state index is 11.8. The van der Waals surface area contributed by atoms with E-state index in [1.165, 1.54) is 0 Å². The van der Waals surface area contributed by atoms with Gasteiger partial charge < -0.3 is 0 Å². The second-order valence-corrected chi connectivity index (χ2v) is 5.91. The van der Waals surface area contributed by atoms with E-state index in [-0.39, 0.29) is 5.78 Å². The van der Waals surface area contributed by atoms with E-state index in [0.717, 1.165) is 15.1 Å². The summed E-state index contributed by atoms with van der Waals surface area (Å²) in [5.74, 6) is 0.672. The maximum Gasteiger partial charge on any atom is 0.149 e. The van der Waals surface area contributed by atoms with Crippen LogP contribution in [0.25, 0.3) is 0 Å². The van der Waals surface area contributed by atoms with Crippen molar-refractivity contribution in [1.29, 1.82) is 0 Å². The lowest BCUT2D eigenvalue weighted by atomic mass is 10.2. The van der Waals surface area contributed by atoms with E-state index in [1.54, 1.807) is 16.4 Å². The third-order valence-electron chi connectivity index (χ3n) is 2.34. The van der Waals surface area contributed by atoms with Gasteiger partial charge in [-0.25, -0.2) is 0 Å². The van der Waals surface area contributed by atoms with Crippen LogP contribution in [0.2, 0.25) is 0 Å². The van der Waals surface area contributed by atoms with E-state index in [2.05, 4.69) is 21.0 Å². The van der Waals surface area contributed by atoms with Crippen molar-refractivity contribution in [3.63, 3.8) is 0 Å². The average molecular weight is 325 g/mol. The zero-order valence-corrected chi connectivity index (χ0v) is 12.4. The van der Waals surface area contributed by atoms with Crippen molar-refractivity contribution in [3.8, 4) is 0 Å². The highest BCUT2D eigenvalue weighted by atomic mass is 79.9. The van der Waals surface area contributed by atoms with Crippen LogP contribution in [0.5, 0.6) is 0 Å². The van der Waals surface area contributed by atoms with Gasteiger partial charge in [0.2, 0.25) is 0 Å². The number of nitrogens with zero attached hydrogens (tertiary/aromatic N) is 2. The zero-order chi connectivity index (χ0) is 13.0. The molecule has 0 aliphatic heterocycles. The molecule has 18 heavy (non-hydrogen) atoms. The molecule has 0 fully saturated rings. The second kappa shape index (κ2) is 6.20. The van der Waals surface area contributed by atoms with Crippen LogP contribution in [-0.4, -0.2) is 21.3 Å². The Balaban J connectivity index is 1.85. The van der Waals surface area contributed by atoms with Gasteiger partial charge in [0.15, 0.2) is 0 Å². The molecule has 0 unspecified atom stereocenters. The second-order valence-electron chi connectivity index (χ2n) is 3.94. The minimum Gasteiger partial charge on any atom is -0.298 e. The highest BCUT2D eigenvalue weighted by Gasteiger charge is 2.07. The Hall–Kier alpha value is -1.07. The molecule has 0 aliphatic rings. The minimum atomic E-state index is 0.193. The van der Waals surface area contributed by atoms with Crippen LogP contribution in [0.4, 0.5) is 0 Å². The number of aryl methyl sites for hydroxylation is 1. The van der Waals surface area contributed by atoms with Gasteiger partial charge in [0.1, 0.15) is 5.78 Å². The summed E-state index contributed by atoms with van der Waals surface area (Å²) in [6.45, 7) is 0. The lowest BCUT2D eigenvalue weighted by molar-refractivity contribution is -0.116. The molecular weight excluding hydrogens is 312 g/mol. The number of thioether (sulfide) groups is 1. The molecule has 0 saturated heterocycles. The van der Waals surface area contributed by atoms with Crippen LogP contribution < -0.4 is 0 Å². The number of carbonyl (C=O) groups excluding carboxylic acids is 1. The third-order valence-corrected chi connectivity index (χ3v) is 3.89. The summed E-state index contributed by atoms with van der Waals surface area (Å²) in [4.78, 5) is 12.9. The molecule has 0 spiro atoms. The van der Waals surface area contributed by atoms with Crippen molar-refractivity contribution in [1.82, 2.24) is 9.78 Å². The molecule has 0 saturated carbocycles. The van der Waals surface area contributed by atoms with E-state index in [4.69, 9.17) is 0 Å². The fourth-order valence-electron chi connectivity index (χ4n) is 1.53. The number of aromatic nitrogens is 2.